The monoisotopic (exact) mass is 272 g/mol. The minimum atomic E-state index is -4.49. The second-order valence-corrected chi connectivity index (χ2v) is 4.91. The van der Waals surface area contributed by atoms with Crippen molar-refractivity contribution in [2.45, 2.75) is 38.9 Å². The fraction of sp³-hybridized carbons (Fsp3) is 0.462. The third kappa shape index (κ3) is 2.58. The second kappa shape index (κ2) is 4.52. The van der Waals surface area contributed by atoms with Gasteiger partial charge < -0.3 is 10.2 Å². The van der Waals surface area contributed by atoms with Gasteiger partial charge >= 0.3 is 6.18 Å². The second-order valence-electron chi connectivity index (χ2n) is 4.91. The summed E-state index contributed by atoms with van der Waals surface area (Å²) in [5.41, 5.74) is 5.21. The zero-order chi connectivity index (χ0) is 14.4. The molecule has 0 saturated carbocycles. The Balaban J connectivity index is 2.75. The lowest BCUT2D eigenvalue weighted by Gasteiger charge is -2.11. The van der Waals surface area contributed by atoms with Gasteiger partial charge in [0.2, 0.25) is 0 Å². The highest BCUT2D eigenvalue weighted by Gasteiger charge is 2.35. The molecule has 3 nitrogen and oxygen atoms in total. The molecule has 2 aromatic rings. The molecular weight excluding hydrogens is 257 g/mol. The van der Waals surface area contributed by atoms with Crippen LogP contribution in [-0.2, 0) is 6.18 Å². The van der Waals surface area contributed by atoms with Gasteiger partial charge in [-0.15, -0.1) is 0 Å². The topological polar surface area (TPSA) is 52.0 Å². The summed E-state index contributed by atoms with van der Waals surface area (Å²) in [6, 6.07) is 2.08. The number of hydrogen-bond donors (Lipinski definition) is 1. The molecule has 0 fully saturated rings. The van der Waals surface area contributed by atoms with Gasteiger partial charge in [0.25, 0.3) is 0 Å². The van der Waals surface area contributed by atoms with Gasteiger partial charge in [0.05, 0.1) is 0 Å². The third-order valence-electron chi connectivity index (χ3n) is 2.85. The number of alkyl halides is 3. The number of nitrogens with zero attached hydrogens (tertiary/aromatic N) is 1. The van der Waals surface area contributed by atoms with Crippen molar-refractivity contribution >= 4 is 11.1 Å². The van der Waals surface area contributed by atoms with Crippen molar-refractivity contribution in [2.75, 3.05) is 0 Å². The van der Waals surface area contributed by atoms with Crippen LogP contribution in [0.5, 0.6) is 0 Å². The molecule has 0 spiro atoms. The maximum absolute atomic E-state index is 13.0. The summed E-state index contributed by atoms with van der Waals surface area (Å²) < 4.78 is 44.4. The number of rotatable bonds is 2. The van der Waals surface area contributed by atoms with Gasteiger partial charge in [-0.05, 0) is 24.6 Å². The highest BCUT2D eigenvalue weighted by Crippen LogP contribution is 2.37. The number of hydrogen-bond acceptors (Lipinski definition) is 3. The first-order valence-electron chi connectivity index (χ1n) is 5.97. The number of oxazole rings is 1. The van der Waals surface area contributed by atoms with Gasteiger partial charge in [-0.25, -0.2) is 4.98 Å². The molecule has 0 bridgehead atoms. The number of aromatic nitrogens is 1. The zero-order valence-electron chi connectivity index (χ0n) is 10.9. The van der Waals surface area contributed by atoms with Crippen LogP contribution in [0.4, 0.5) is 13.2 Å². The summed E-state index contributed by atoms with van der Waals surface area (Å²) in [6.07, 6.45) is -4.49. The molecule has 0 aliphatic rings. The summed E-state index contributed by atoms with van der Waals surface area (Å²) >= 11 is 0. The van der Waals surface area contributed by atoms with Crippen molar-refractivity contribution in [3.8, 4) is 0 Å². The Morgan fingerprint density at radius 2 is 1.84 bits per heavy atom. The minimum absolute atomic E-state index is 0.0766. The first-order valence-corrected chi connectivity index (χ1v) is 5.97. The Labute approximate surface area is 108 Å². The molecule has 2 N–H and O–H groups in total. The van der Waals surface area contributed by atoms with Gasteiger partial charge in [-0.1, -0.05) is 13.8 Å². The fourth-order valence-corrected chi connectivity index (χ4v) is 1.79. The third-order valence-corrected chi connectivity index (χ3v) is 2.85. The maximum atomic E-state index is 13.0. The Bertz CT molecular complexity index is 600. The van der Waals surface area contributed by atoms with Crippen LogP contribution in [0.15, 0.2) is 16.5 Å². The van der Waals surface area contributed by atoms with Gasteiger partial charge in [0, 0.05) is 12.0 Å². The summed E-state index contributed by atoms with van der Waals surface area (Å²) in [6.45, 7) is 5.25. The van der Waals surface area contributed by atoms with Crippen molar-refractivity contribution in [3.05, 3.63) is 29.2 Å². The van der Waals surface area contributed by atoms with Crippen LogP contribution in [0.3, 0.4) is 0 Å². The molecule has 1 aromatic heterocycles. The largest absolute Gasteiger partial charge is 0.440 e. The van der Waals surface area contributed by atoms with E-state index in [1.165, 1.54) is 0 Å². The van der Waals surface area contributed by atoms with Crippen LogP contribution < -0.4 is 5.73 Å². The van der Waals surface area contributed by atoms with Crippen LogP contribution in [0, 0.1) is 0 Å². The lowest BCUT2D eigenvalue weighted by molar-refractivity contribution is -0.136. The molecule has 104 valence electrons. The van der Waals surface area contributed by atoms with Crippen LogP contribution in [0.25, 0.3) is 11.1 Å². The van der Waals surface area contributed by atoms with E-state index >= 15 is 0 Å². The Hall–Kier alpha value is -1.56. The smallest absolute Gasteiger partial charge is 0.420 e. The van der Waals surface area contributed by atoms with E-state index in [2.05, 4.69) is 4.98 Å². The van der Waals surface area contributed by atoms with Crippen molar-refractivity contribution in [1.82, 2.24) is 4.98 Å². The number of benzene rings is 1. The van der Waals surface area contributed by atoms with E-state index < -0.39 is 17.8 Å². The molecule has 0 amide bonds. The van der Waals surface area contributed by atoms with E-state index in [-0.39, 0.29) is 17.0 Å². The quantitative estimate of drug-likeness (QED) is 0.899. The van der Waals surface area contributed by atoms with E-state index in [4.69, 9.17) is 10.2 Å². The fourth-order valence-electron chi connectivity index (χ4n) is 1.79. The molecule has 1 unspecified atom stereocenters. The van der Waals surface area contributed by atoms with Crippen molar-refractivity contribution in [2.24, 2.45) is 5.73 Å². The molecule has 1 atom stereocenters. The molecule has 0 aliphatic carbocycles. The number of nitrogens with two attached hydrogens (primary N) is 1. The molecule has 19 heavy (non-hydrogen) atoms. The van der Waals surface area contributed by atoms with E-state index in [0.717, 1.165) is 6.07 Å². The SMILES string of the molecule is CC(C)c1nc2cc(C(C)N)cc(C(F)(F)F)c2o1. The molecule has 0 aliphatic heterocycles. The Kier molecular flexibility index (Phi) is 3.30. The summed E-state index contributed by atoms with van der Waals surface area (Å²) in [5, 5.41) is 0. The van der Waals surface area contributed by atoms with Gasteiger partial charge in [-0.2, -0.15) is 13.2 Å². The molecule has 0 saturated heterocycles. The standard InChI is InChI=1S/C13H15F3N2O/c1-6(2)12-18-10-5-8(7(3)17)4-9(11(10)19-12)13(14,15)16/h4-7H,17H2,1-3H3. The van der Waals surface area contributed by atoms with Crippen molar-refractivity contribution in [1.29, 1.82) is 0 Å². The first-order chi connectivity index (χ1) is 8.70. The minimum Gasteiger partial charge on any atom is -0.440 e. The van der Waals surface area contributed by atoms with E-state index in [1.54, 1.807) is 13.0 Å². The van der Waals surface area contributed by atoms with E-state index in [0.29, 0.717) is 11.5 Å². The van der Waals surface area contributed by atoms with E-state index in [1.807, 2.05) is 13.8 Å². The lowest BCUT2D eigenvalue weighted by Crippen LogP contribution is -2.10. The Morgan fingerprint density at radius 1 is 1.21 bits per heavy atom. The van der Waals surface area contributed by atoms with Crippen molar-refractivity contribution < 1.29 is 17.6 Å². The van der Waals surface area contributed by atoms with Gasteiger partial charge in [0.15, 0.2) is 11.5 Å². The predicted octanol–water partition coefficient (Wildman–Crippen LogP) is 3.99. The summed E-state index contributed by atoms with van der Waals surface area (Å²) in [7, 11) is 0. The van der Waals surface area contributed by atoms with Crippen LogP contribution in [-0.4, -0.2) is 4.98 Å². The van der Waals surface area contributed by atoms with Crippen LogP contribution >= 0.6 is 0 Å². The van der Waals surface area contributed by atoms with Crippen molar-refractivity contribution in [3.63, 3.8) is 0 Å². The molecular formula is C13H15F3N2O. The van der Waals surface area contributed by atoms with E-state index in [9.17, 15) is 13.2 Å². The molecule has 1 aromatic carbocycles. The Morgan fingerprint density at radius 3 is 2.32 bits per heavy atom. The highest BCUT2D eigenvalue weighted by molar-refractivity contribution is 5.78. The normalized spacial score (nSPS) is 14.3. The molecule has 6 heteroatoms. The van der Waals surface area contributed by atoms with Crippen LogP contribution in [0.1, 0.15) is 49.7 Å². The first kappa shape index (κ1) is 13.9. The molecule has 2 rings (SSSR count). The maximum Gasteiger partial charge on any atom is 0.420 e. The van der Waals surface area contributed by atoms with Gasteiger partial charge in [0.1, 0.15) is 11.1 Å². The average Bonchev–Trinajstić information content (AvgIpc) is 2.69. The summed E-state index contributed by atoms with van der Waals surface area (Å²) in [4.78, 5) is 4.11. The number of halogens is 3. The van der Waals surface area contributed by atoms with Gasteiger partial charge in [-0.3, -0.25) is 0 Å². The van der Waals surface area contributed by atoms with Crippen LogP contribution in [0.2, 0.25) is 0 Å². The molecule has 0 radical (unpaired) electrons. The molecule has 1 heterocycles. The highest BCUT2D eigenvalue weighted by atomic mass is 19.4. The zero-order valence-corrected chi connectivity index (χ0v) is 10.9. The summed E-state index contributed by atoms with van der Waals surface area (Å²) in [5.74, 6) is 0.217. The predicted molar refractivity (Wildman–Crippen MR) is 65.7 cm³/mol. The lowest BCUT2D eigenvalue weighted by atomic mass is 10.0. The average molecular weight is 272 g/mol. The number of fused-ring (bicyclic) bond motifs is 1.